The lowest BCUT2D eigenvalue weighted by molar-refractivity contribution is -0.0153. The van der Waals surface area contributed by atoms with Crippen molar-refractivity contribution in [2.75, 3.05) is 0 Å². The third-order valence-electron chi connectivity index (χ3n) is 3.39. The first-order valence-corrected chi connectivity index (χ1v) is 5.60. The lowest BCUT2D eigenvalue weighted by Crippen LogP contribution is -2.34. The molecule has 0 heterocycles. The van der Waals surface area contributed by atoms with E-state index in [4.69, 9.17) is 0 Å². The van der Waals surface area contributed by atoms with Crippen LogP contribution in [0.3, 0.4) is 0 Å². The van der Waals surface area contributed by atoms with Crippen molar-refractivity contribution in [3.8, 4) is 0 Å². The molecule has 0 aromatic rings. The summed E-state index contributed by atoms with van der Waals surface area (Å²) < 4.78 is 0. The Morgan fingerprint density at radius 2 is 2.00 bits per heavy atom. The van der Waals surface area contributed by atoms with Crippen LogP contribution in [-0.2, 0) is 0 Å². The second-order valence-corrected chi connectivity index (χ2v) is 5.81. The van der Waals surface area contributed by atoms with Crippen LogP contribution in [0.2, 0.25) is 0 Å². The summed E-state index contributed by atoms with van der Waals surface area (Å²) in [5.41, 5.74) is 0.0193. The minimum atomic E-state index is -0.340. The molecule has 0 spiro atoms. The molecule has 0 aliphatic heterocycles. The molecule has 2 atom stereocenters. The number of hydrogen-bond donors (Lipinski definition) is 1. The van der Waals surface area contributed by atoms with Gasteiger partial charge in [0.05, 0.1) is 5.60 Å². The molecule has 1 heteroatoms. The van der Waals surface area contributed by atoms with Crippen molar-refractivity contribution in [1.82, 2.24) is 0 Å². The van der Waals surface area contributed by atoms with Crippen LogP contribution in [0.5, 0.6) is 0 Å². The van der Waals surface area contributed by atoms with Gasteiger partial charge in [0.15, 0.2) is 0 Å². The predicted molar refractivity (Wildman–Crippen MR) is 56.7 cm³/mol. The van der Waals surface area contributed by atoms with E-state index in [0.29, 0.717) is 11.3 Å². The molecule has 1 aliphatic carbocycles. The average Bonchev–Trinajstić information content (AvgIpc) is 2.31. The van der Waals surface area contributed by atoms with Gasteiger partial charge in [-0.05, 0) is 37.0 Å². The molecule has 0 aromatic heterocycles. The predicted octanol–water partition coefficient (Wildman–Crippen LogP) is 3.36. The van der Waals surface area contributed by atoms with Gasteiger partial charge in [0.2, 0.25) is 0 Å². The molecule has 1 N–H and O–H groups in total. The van der Waals surface area contributed by atoms with Crippen LogP contribution in [0, 0.1) is 11.3 Å². The van der Waals surface area contributed by atoms with Gasteiger partial charge in [-0.25, -0.2) is 0 Å². The number of hydrogen-bond acceptors (Lipinski definition) is 1. The van der Waals surface area contributed by atoms with E-state index in [0.717, 1.165) is 19.3 Å². The van der Waals surface area contributed by atoms with E-state index < -0.39 is 0 Å². The molecular weight excluding hydrogens is 160 g/mol. The third-order valence-corrected chi connectivity index (χ3v) is 3.39. The van der Waals surface area contributed by atoms with E-state index in [2.05, 4.69) is 27.7 Å². The Balaban J connectivity index is 2.59. The van der Waals surface area contributed by atoms with Crippen LogP contribution in [0.25, 0.3) is 0 Å². The Morgan fingerprint density at radius 1 is 1.38 bits per heavy atom. The minimum Gasteiger partial charge on any atom is -0.390 e. The zero-order valence-electron chi connectivity index (χ0n) is 9.56. The molecule has 1 fully saturated rings. The summed E-state index contributed by atoms with van der Waals surface area (Å²) in [6.45, 7) is 8.91. The van der Waals surface area contributed by atoms with E-state index in [-0.39, 0.29) is 5.60 Å². The molecule has 0 amide bonds. The van der Waals surface area contributed by atoms with E-state index in [9.17, 15) is 5.11 Å². The van der Waals surface area contributed by atoms with Crippen LogP contribution >= 0.6 is 0 Å². The Hall–Kier alpha value is -0.0400. The Labute approximate surface area is 82.5 Å². The number of aliphatic hydroxyl groups is 1. The lowest BCUT2D eigenvalue weighted by Gasteiger charge is -2.33. The SMILES string of the molecule is CCC1(O)CCCC1CC(C)(C)C. The van der Waals surface area contributed by atoms with Crippen molar-refractivity contribution in [2.24, 2.45) is 11.3 Å². The molecule has 1 aliphatic rings. The smallest absolute Gasteiger partial charge is 0.0673 e. The van der Waals surface area contributed by atoms with Crippen LogP contribution in [-0.4, -0.2) is 10.7 Å². The first-order chi connectivity index (χ1) is 5.87. The second kappa shape index (κ2) is 3.61. The Kier molecular flexibility index (Phi) is 3.06. The maximum Gasteiger partial charge on any atom is 0.0673 e. The number of rotatable bonds is 2. The summed E-state index contributed by atoms with van der Waals surface area (Å²) in [5.74, 6) is 0.539. The second-order valence-electron chi connectivity index (χ2n) is 5.81. The highest BCUT2D eigenvalue weighted by Gasteiger charge is 2.40. The van der Waals surface area contributed by atoms with Crippen molar-refractivity contribution in [3.63, 3.8) is 0 Å². The highest BCUT2D eigenvalue weighted by atomic mass is 16.3. The monoisotopic (exact) mass is 184 g/mol. The summed E-state index contributed by atoms with van der Waals surface area (Å²) in [7, 11) is 0. The molecule has 1 rings (SSSR count). The van der Waals surface area contributed by atoms with E-state index in [1.165, 1.54) is 12.8 Å². The van der Waals surface area contributed by atoms with Crippen molar-refractivity contribution in [2.45, 2.75) is 65.4 Å². The molecule has 0 saturated heterocycles. The summed E-state index contributed by atoms with van der Waals surface area (Å²) in [6.07, 6.45) is 5.54. The van der Waals surface area contributed by atoms with Gasteiger partial charge in [-0.2, -0.15) is 0 Å². The van der Waals surface area contributed by atoms with Crippen molar-refractivity contribution in [1.29, 1.82) is 0 Å². The zero-order valence-corrected chi connectivity index (χ0v) is 9.56. The molecule has 1 nitrogen and oxygen atoms in total. The van der Waals surface area contributed by atoms with Crippen LogP contribution in [0.15, 0.2) is 0 Å². The highest BCUT2D eigenvalue weighted by Crippen LogP contribution is 2.43. The topological polar surface area (TPSA) is 20.2 Å². The quantitative estimate of drug-likeness (QED) is 0.697. The fourth-order valence-electron chi connectivity index (χ4n) is 2.62. The summed E-state index contributed by atoms with van der Waals surface area (Å²) in [6, 6.07) is 0. The van der Waals surface area contributed by atoms with Crippen molar-refractivity contribution < 1.29 is 5.11 Å². The van der Waals surface area contributed by atoms with E-state index >= 15 is 0 Å². The molecule has 0 aromatic carbocycles. The largest absolute Gasteiger partial charge is 0.390 e. The summed E-state index contributed by atoms with van der Waals surface area (Å²) in [4.78, 5) is 0. The van der Waals surface area contributed by atoms with Crippen molar-refractivity contribution >= 4 is 0 Å². The standard InChI is InChI=1S/C12H24O/c1-5-12(13)8-6-7-10(12)9-11(2,3)4/h10,13H,5-9H2,1-4H3. The van der Waals surface area contributed by atoms with Gasteiger partial charge in [0, 0.05) is 0 Å². The van der Waals surface area contributed by atoms with Crippen LogP contribution in [0.4, 0.5) is 0 Å². The molecule has 1 saturated carbocycles. The first-order valence-electron chi connectivity index (χ1n) is 5.60. The molecule has 0 bridgehead atoms. The van der Waals surface area contributed by atoms with Gasteiger partial charge in [-0.3, -0.25) is 0 Å². The normalized spacial score (nSPS) is 35.3. The Bertz CT molecular complexity index is 168. The van der Waals surface area contributed by atoms with Gasteiger partial charge < -0.3 is 5.11 Å². The fourth-order valence-corrected chi connectivity index (χ4v) is 2.62. The van der Waals surface area contributed by atoms with Gasteiger partial charge in [0.1, 0.15) is 0 Å². The molecule has 2 unspecified atom stereocenters. The highest BCUT2D eigenvalue weighted by molar-refractivity contribution is 4.92. The van der Waals surface area contributed by atoms with E-state index in [1.807, 2.05) is 0 Å². The van der Waals surface area contributed by atoms with Gasteiger partial charge in [-0.1, -0.05) is 34.1 Å². The maximum atomic E-state index is 10.3. The summed E-state index contributed by atoms with van der Waals surface area (Å²) in [5, 5.41) is 10.3. The molecular formula is C12H24O. The van der Waals surface area contributed by atoms with Crippen molar-refractivity contribution in [3.05, 3.63) is 0 Å². The Morgan fingerprint density at radius 3 is 2.46 bits per heavy atom. The van der Waals surface area contributed by atoms with Gasteiger partial charge in [-0.15, -0.1) is 0 Å². The molecule has 0 radical (unpaired) electrons. The van der Waals surface area contributed by atoms with E-state index in [1.54, 1.807) is 0 Å². The zero-order chi connectivity index (χ0) is 10.1. The van der Waals surface area contributed by atoms with Crippen LogP contribution < -0.4 is 0 Å². The first kappa shape index (κ1) is 11.0. The summed E-state index contributed by atoms with van der Waals surface area (Å²) >= 11 is 0. The average molecular weight is 184 g/mol. The lowest BCUT2D eigenvalue weighted by atomic mass is 9.77. The third kappa shape index (κ3) is 2.70. The van der Waals surface area contributed by atoms with Gasteiger partial charge in [0.25, 0.3) is 0 Å². The van der Waals surface area contributed by atoms with Gasteiger partial charge >= 0.3 is 0 Å². The van der Waals surface area contributed by atoms with Crippen LogP contribution in [0.1, 0.15) is 59.8 Å². The minimum absolute atomic E-state index is 0.340. The molecule has 78 valence electrons. The fraction of sp³-hybridized carbons (Fsp3) is 1.00. The maximum absolute atomic E-state index is 10.3. The molecule has 13 heavy (non-hydrogen) atoms.